The van der Waals surface area contributed by atoms with Crippen LogP contribution in [0.4, 0.5) is 0 Å². The van der Waals surface area contributed by atoms with Crippen LogP contribution in [0.5, 0.6) is 5.75 Å². The van der Waals surface area contributed by atoms with Gasteiger partial charge in [-0.3, -0.25) is 0 Å². The second-order valence-corrected chi connectivity index (χ2v) is 10.7. The molecule has 1 aromatic carbocycles. The summed E-state index contributed by atoms with van der Waals surface area (Å²) in [6, 6.07) is 8.23. The third-order valence-electron chi connectivity index (χ3n) is 7.70. The van der Waals surface area contributed by atoms with Crippen LogP contribution in [0.15, 0.2) is 36.4 Å². The van der Waals surface area contributed by atoms with Gasteiger partial charge in [0.1, 0.15) is 12.4 Å². The van der Waals surface area contributed by atoms with Gasteiger partial charge in [-0.25, -0.2) is 0 Å². The van der Waals surface area contributed by atoms with E-state index in [2.05, 4.69) is 38.1 Å². The summed E-state index contributed by atoms with van der Waals surface area (Å²) in [6.45, 7) is 6.82. The molecule has 192 valence electrons. The standard InChI is InChI=1S/C31H50O3/c1-3-5-7-8-10-13-28-24-33-31(34-25-28)29-19-21-30(22-20-29)32-23-11-14-27-17-15-26(16-18-27)12-9-6-4-2/h11,14,19-22,26-28,31H,3-10,12-13,15-18,23-25H2,1-2H3/t26-,27-,28-,31-. The van der Waals surface area contributed by atoms with Gasteiger partial charge in [-0.1, -0.05) is 95.9 Å². The molecule has 0 amide bonds. The molecule has 1 aromatic rings. The Morgan fingerprint density at radius 2 is 1.38 bits per heavy atom. The zero-order chi connectivity index (χ0) is 23.8. The third kappa shape index (κ3) is 10.1. The average molecular weight is 471 g/mol. The molecule has 1 aliphatic heterocycles. The summed E-state index contributed by atoms with van der Waals surface area (Å²) >= 11 is 0. The molecular formula is C31H50O3. The smallest absolute Gasteiger partial charge is 0.183 e. The van der Waals surface area contributed by atoms with E-state index in [0.29, 0.717) is 12.5 Å². The monoisotopic (exact) mass is 470 g/mol. The Bertz CT molecular complexity index is 652. The van der Waals surface area contributed by atoms with Crippen molar-refractivity contribution in [2.75, 3.05) is 19.8 Å². The quantitative estimate of drug-likeness (QED) is 0.189. The fourth-order valence-electron chi connectivity index (χ4n) is 5.40. The van der Waals surface area contributed by atoms with E-state index in [0.717, 1.165) is 36.4 Å². The van der Waals surface area contributed by atoms with Gasteiger partial charge in [-0.05, 0) is 56.1 Å². The summed E-state index contributed by atoms with van der Waals surface area (Å²) in [5.74, 6) is 3.18. The number of unbranched alkanes of at least 4 members (excludes halogenated alkanes) is 6. The largest absolute Gasteiger partial charge is 0.490 e. The number of hydrogen-bond acceptors (Lipinski definition) is 3. The van der Waals surface area contributed by atoms with Gasteiger partial charge >= 0.3 is 0 Å². The second kappa shape index (κ2) is 16.4. The van der Waals surface area contributed by atoms with Crippen LogP contribution < -0.4 is 4.74 Å². The van der Waals surface area contributed by atoms with E-state index in [1.165, 1.54) is 89.9 Å². The van der Waals surface area contributed by atoms with Crippen LogP contribution in [0, 0.1) is 17.8 Å². The minimum absolute atomic E-state index is 0.234. The maximum Gasteiger partial charge on any atom is 0.183 e. The molecule has 0 N–H and O–H groups in total. The minimum atomic E-state index is -0.234. The molecule has 3 heteroatoms. The fourth-order valence-corrected chi connectivity index (χ4v) is 5.40. The zero-order valence-corrected chi connectivity index (χ0v) is 22.0. The van der Waals surface area contributed by atoms with Crippen molar-refractivity contribution in [2.45, 2.75) is 110 Å². The lowest BCUT2D eigenvalue weighted by Gasteiger charge is -2.29. The molecule has 0 aromatic heterocycles. The molecule has 3 rings (SSSR count). The van der Waals surface area contributed by atoms with Crippen LogP contribution in [0.1, 0.15) is 116 Å². The Balaban J connectivity index is 1.27. The van der Waals surface area contributed by atoms with Crippen molar-refractivity contribution in [1.82, 2.24) is 0 Å². The van der Waals surface area contributed by atoms with E-state index in [1.54, 1.807) is 0 Å². The maximum atomic E-state index is 6.02. The molecule has 1 heterocycles. The summed E-state index contributed by atoms with van der Waals surface area (Å²) in [5.41, 5.74) is 1.08. The highest BCUT2D eigenvalue weighted by molar-refractivity contribution is 5.28. The highest BCUT2D eigenvalue weighted by atomic mass is 16.7. The van der Waals surface area contributed by atoms with Gasteiger partial charge in [0.05, 0.1) is 13.2 Å². The SMILES string of the molecule is CCCCCCC[C@H]1CO[C@H](c2ccc(OCC=C[C@H]3CC[C@H](CCCCC)CC3)cc2)OC1. The van der Waals surface area contributed by atoms with Crippen molar-refractivity contribution in [1.29, 1.82) is 0 Å². The summed E-state index contributed by atoms with van der Waals surface area (Å²) in [4.78, 5) is 0. The lowest BCUT2D eigenvalue weighted by molar-refractivity contribution is -0.206. The van der Waals surface area contributed by atoms with Crippen LogP contribution in [-0.4, -0.2) is 19.8 Å². The zero-order valence-electron chi connectivity index (χ0n) is 22.0. The molecule has 1 saturated heterocycles. The highest BCUT2D eigenvalue weighted by Crippen LogP contribution is 2.33. The van der Waals surface area contributed by atoms with E-state index in [1.807, 2.05) is 12.1 Å². The third-order valence-corrected chi connectivity index (χ3v) is 7.70. The van der Waals surface area contributed by atoms with Crippen LogP contribution in [-0.2, 0) is 9.47 Å². The van der Waals surface area contributed by atoms with E-state index in [-0.39, 0.29) is 6.29 Å². The van der Waals surface area contributed by atoms with E-state index in [4.69, 9.17) is 14.2 Å². The van der Waals surface area contributed by atoms with Crippen LogP contribution in [0.3, 0.4) is 0 Å². The maximum absolute atomic E-state index is 6.02. The molecular weight excluding hydrogens is 420 g/mol. The minimum Gasteiger partial charge on any atom is -0.490 e. The Hall–Kier alpha value is -1.32. The Morgan fingerprint density at radius 3 is 2.09 bits per heavy atom. The van der Waals surface area contributed by atoms with Crippen molar-refractivity contribution >= 4 is 0 Å². The first-order chi connectivity index (χ1) is 16.8. The first-order valence-electron chi connectivity index (χ1n) is 14.4. The molecule has 2 aliphatic rings. The molecule has 2 fully saturated rings. The molecule has 1 aliphatic carbocycles. The van der Waals surface area contributed by atoms with Crippen molar-refractivity contribution in [3.63, 3.8) is 0 Å². The van der Waals surface area contributed by atoms with E-state index in [9.17, 15) is 0 Å². The van der Waals surface area contributed by atoms with Gasteiger partial charge in [-0.15, -0.1) is 0 Å². The number of rotatable bonds is 15. The van der Waals surface area contributed by atoms with Gasteiger partial charge in [0, 0.05) is 11.5 Å². The van der Waals surface area contributed by atoms with E-state index >= 15 is 0 Å². The molecule has 0 atom stereocenters. The molecule has 0 bridgehead atoms. The molecule has 0 radical (unpaired) electrons. The predicted octanol–water partition coefficient (Wildman–Crippen LogP) is 9.03. The molecule has 3 nitrogen and oxygen atoms in total. The Morgan fingerprint density at radius 1 is 0.765 bits per heavy atom. The van der Waals surface area contributed by atoms with Gasteiger partial charge < -0.3 is 14.2 Å². The van der Waals surface area contributed by atoms with Crippen molar-refractivity contribution in [2.24, 2.45) is 17.8 Å². The van der Waals surface area contributed by atoms with Gasteiger partial charge in [0.25, 0.3) is 0 Å². The molecule has 34 heavy (non-hydrogen) atoms. The van der Waals surface area contributed by atoms with Gasteiger partial charge in [-0.2, -0.15) is 0 Å². The topological polar surface area (TPSA) is 27.7 Å². The summed E-state index contributed by atoms with van der Waals surface area (Å²) in [6.07, 6.45) is 23.4. The van der Waals surface area contributed by atoms with Crippen molar-refractivity contribution < 1.29 is 14.2 Å². The van der Waals surface area contributed by atoms with Crippen molar-refractivity contribution in [3.8, 4) is 5.75 Å². The molecule has 1 saturated carbocycles. The Kier molecular flexibility index (Phi) is 13.1. The van der Waals surface area contributed by atoms with Gasteiger partial charge in [0.2, 0.25) is 0 Å². The lowest BCUT2D eigenvalue weighted by atomic mass is 9.79. The van der Waals surface area contributed by atoms with Gasteiger partial charge in [0.15, 0.2) is 6.29 Å². The molecule has 0 unspecified atom stereocenters. The highest BCUT2D eigenvalue weighted by Gasteiger charge is 2.23. The first kappa shape index (κ1) is 27.3. The number of ether oxygens (including phenoxy) is 3. The van der Waals surface area contributed by atoms with Crippen LogP contribution in [0.25, 0.3) is 0 Å². The fraction of sp³-hybridized carbons (Fsp3) is 0.742. The van der Waals surface area contributed by atoms with E-state index < -0.39 is 0 Å². The summed E-state index contributed by atoms with van der Waals surface area (Å²) < 4.78 is 18.0. The Labute approximate surface area is 209 Å². The number of hydrogen-bond donors (Lipinski definition) is 0. The van der Waals surface area contributed by atoms with Crippen LogP contribution >= 0.6 is 0 Å². The van der Waals surface area contributed by atoms with Crippen LogP contribution in [0.2, 0.25) is 0 Å². The lowest BCUT2D eigenvalue weighted by Crippen LogP contribution is -2.27. The average Bonchev–Trinajstić information content (AvgIpc) is 2.88. The summed E-state index contributed by atoms with van der Waals surface area (Å²) in [7, 11) is 0. The first-order valence-corrected chi connectivity index (χ1v) is 14.4. The second-order valence-electron chi connectivity index (χ2n) is 10.7. The normalized spacial score (nSPS) is 25.6. The number of benzene rings is 1. The van der Waals surface area contributed by atoms with Crippen molar-refractivity contribution in [3.05, 3.63) is 42.0 Å². The predicted molar refractivity (Wildman–Crippen MR) is 142 cm³/mol. The number of allylic oxidation sites excluding steroid dienone is 1. The summed E-state index contributed by atoms with van der Waals surface area (Å²) in [5, 5.41) is 0. The molecule has 0 spiro atoms.